The van der Waals surface area contributed by atoms with Gasteiger partial charge in [-0.2, -0.15) is 0 Å². The van der Waals surface area contributed by atoms with Crippen LogP contribution in [0.2, 0.25) is 0 Å². The van der Waals surface area contributed by atoms with Crippen LogP contribution in [0.15, 0.2) is 60.8 Å². The van der Waals surface area contributed by atoms with Crippen LogP contribution in [0.1, 0.15) is 36.6 Å². The van der Waals surface area contributed by atoms with Gasteiger partial charge in [-0.1, -0.05) is 18.2 Å². The summed E-state index contributed by atoms with van der Waals surface area (Å²) in [7, 11) is 1.48. The fraction of sp³-hybridized carbons (Fsp3) is 0.231. The number of morpholine rings is 1. The Labute approximate surface area is 202 Å². The molecule has 3 heterocycles. The van der Waals surface area contributed by atoms with Gasteiger partial charge in [-0.3, -0.25) is 19.3 Å². The van der Waals surface area contributed by atoms with Crippen LogP contribution in [0.3, 0.4) is 0 Å². The quantitative estimate of drug-likeness (QED) is 0.551. The van der Waals surface area contributed by atoms with Gasteiger partial charge in [0.1, 0.15) is 11.6 Å². The van der Waals surface area contributed by atoms with Crippen LogP contribution in [0, 0.1) is 0 Å². The first-order chi connectivity index (χ1) is 17.0. The smallest absolute Gasteiger partial charge is 0.261 e. The Morgan fingerprint density at radius 2 is 1.74 bits per heavy atom. The molecule has 0 radical (unpaired) electrons. The highest BCUT2D eigenvalue weighted by atomic mass is 16.5. The lowest BCUT2D eigenvalue weighted by atomic mass is 10.1. The number of amides is 3. The Morgan fingerprint density at radius 3 is 2.37 bits per heavy atom. The summed E-state index contributed by atoms with van der Waals surface area (Å²) in [4.78, 5) is 46.2. The van der Waals surface area contributed by atoms with Crippen molar-refractivity contribution in [1.82, 2.24) is 9.88 Å². The van der Waals surface area contributed by atoms with Crippen molar-refractivity contribution >= 4 is 29.2 Å². The number of carbonyl (C=O) groups is 3. The maximum absolute atomic E-state index is 13.1. The number of benzene rings is 2. The third-order valence-corrected chi connectivity index (χ3v) is 6.09. The van der Waals surface area contributed by atoms with Gasteiger partial charge in [0.2, 0.25) is 0 Å². The molecular weight excluding hydrogens is 448 g/mol. The molecule has 2 aliphatic heterocycles. The first kappa shape index (κ1) is 22.5. The van der Waals surface area contributed by atoms with Gasteiger partial charge in [-0.05, 0) is 42.0 Å². The molecule has 0 unspecified atom stereocenters. The van der Waals surface area contributed by atoms with E-state index >= 15 is 0 Å². The van der Waals surface area contributed by atoms with Crippen molar-refractivity contribution in [3.8, 4) is 5.75 Å². The Hall–Kier alpha value is -4.24. The number of nitrogens with zero attached hydrogens (tertiary/aromatic N) is 3. The van der Waals surface area contributed by atoms with E-state index in [0.29, 0.717) is 41.5 Å². The number of carbonyl (C=O) groups excluding carboxylic acids is 3. The monoisotopic (exact) mass is 472 g/mol. The Balaban J connectivity index is 1.32. The number of nitrogens with one attached hydrogen (secondary N) is 1. The normalized spacial score (nSPS) is 15.2. The first-order valence-corrected chi connectivity index (χ1v) is 11.3. The molecule has 9 heteroatoms. The molecule has 1 aromatic heterocycles. The molecular formula is C26H24N4O5. The van der Waals surface area contributed by atoms with E-state index in [4.69, 9.17) is 9.47 Å². The van der Waals surface area contributed by atoms with Crippen LogP contribution >= 0.6 is 0 Å². The van der Waals surface area contributed by atoms with E-state index in [1.807, 2.05) is 6.07 Å². The number of aromatic nitrogens is 1. The van der Waals surface area contributed by atoms with E-state index in [0.717, 1.165) is 18.8 Å². The Kier molecular flexibility index (Phi) is 6.15. The minimum Gasteiger partial charge on any atom is -0.496 e. The molecule has 35 heavy (non-hydrogen) atoms. The number of ether oxygens (including phenoxy) is 2. The lowest BCUT2D eigenvalue weighted by Gasteiger charge is -2.28. The number of rotatable bonds is 6. The van der Waals surface area contributed by atoms with Gasteiger partial charge in [0, 0.05) is 13.1 Å². The third-order valence-electron chi connectivity index (χ3n) is 6.09. The maximum atomic E-state index is 13.1. The molecule has 0 bridgehead atoms. The number of methoxy groups -OCH3 is 1. The van der Waals surface area contributed by atoms with E-state index in [1.165, 1.54) is 12.0 Å². The highest BCUT2D eigenvalue weighted by Crippen LogP contribution is 2.27. The number of imide groups is 1. The summed E-state index contributed by atoms with van der Waals surface area (Å²) in [6.45, 7) is 2.99. The minimum absolute atomic E-state index is 0.0448. The molecule has 0 atom stereocenters. The van der Waals surface area contributed by atoms with Gasteiger partial charge in [0.05, 0.1) is 55.4 Å². The van der Waals surface area contributed by atoms with Crippen molar-refractivity contribution in [2.75, 3.05) is 43.6 Å². The van der Waals surface area contributed by atoms with Gasteiger partial charge in [0.15, 0.2) is 0 Å². The Morgan fingerprint density at radius 1 is 1.03 bits per heavy atom. The van der Waals surface area contributed by atoms with Gasteiger partial charge in [0.25, 0.3) is 17.7 Å². The van der Waals surface area contributed by atoms with Crippen molar-refractivity contribution in [1.29, 1.82) is 0 Å². The molecule has 5 rings (SSSR count). The van der Waals surface area contributed by atoms with Gasteiger partial charge in [-0.15, -0.1) is 0 Å². The largest absolute Gasteiger partial charge is 0.496 e. The van der Waals surface area contributed by atoms with Crippen molar-refractivity contribution in [3.05, 3.63) is 83.0 Å². The zero-order chi connectivity index (χ0) is 24.4. The van der Waals surface area contributed by atoms with E-state index in [-0.39, 0.29) is 23.9 Å². The number of anilines is 2. The molecule has 0 saturated carbocycles. The van der Waals surface area contributed by atoms with Crippen LogP contribution in [0.25, 0.3) is 0 Å². The standard InChI is InChI=1S/C26H24N4O5/c1-34-22-8-6-17(16-30-25(32)19-4-2-3-5-20(19)26(30)33)14-21(22)24(31)28-23-9-7-18(15-27-23)29-10-12-35-13-11-29/h2-9,14-15H,10-13,16H2,1H3,(H,27,28,31). The molecule has 178 valence electrons. The van der Waals surface area contributed by atoms with Crippen molar-refractivity contribution in [2.45, 2.75) is 6.54 Å². The predicted molar refractivity (Wildman–Crippen MR) is 129 cm³/mol. The summed E-state index contributed by atoms with van der Waals surface area (Å²) in [5, 5.41) is 2.79. The highest BCUT2D eigenvalue weighted by Gasteiger charge is 2.35. The van der Waals surface area contributed by atoms with Gasteiger partial charge in [-0.25, -0.2) is 4.98 Å². The first-order valence-electron chi connectivity index (χ1n) is 11.3. The number of hydrogen-bond acceptors (Lipinski definition) is 7. The summed E-state index contributed by atoms with van der Waals surface area (Å²) in [5.41, 5.74) is 2.64. The zero-order valence-electron chi connectivity index (χ0n) is 19.2. The van der Waals surface area contributed by atoms with E-state index < -0.39 is 5.91 Å². The van der Waals surface area contributed by atoms with Crippen LogP contribution < -0.4 is 15.0 Å². The second-order valence-corrected chi connectivity index (χ2v) is 8.23. The Bertz CT molecular complexity index is 1250. The molecule has 1 fully saturated rings. The van der Waals surface area contributed by atoms with Crippen molar-refractivity contribution in [3.63, 3.8) is 0 Å². The lowest BCUT2D eigenvalue weighted by molar-refractivity contribution is 0.0642. The fourth-order valence-corrected chi connectivity index (χ4v) is 4.25. The van der Waals surface area contributed by atoms with Crippen LogP contribution in [0.4, 0.5) is 11.5 Å². The third kappa shape index (κ3) is 4.45. The molecule has 1 saturated heterocycles. The molecule has 0 aliphatic carbocycles. The lowest BCUT2D eigenvalue weighted by Crippen LogP contribution is -2.36. The molecule has 1 N–H and O–H groups in total. The summed E-state index contributed by atoms with van der Waals surface area (Å²) < 4.78 is 10.7. The molecule has 0 spiro atoms. The highest BCUT2D eigenvalue weighted by molar-refractivity contribution is 6.21. The van der Waals surface area contributed by atoms with E-state index in [1.54, 1.807) is 54.7 Å². The van der Waals surface area contributed by atoms with E-state index in [2.05, 4.69) is 15.2 Å². The zero-order valence-corrected chi connectivity index (χ0v) is 19.2. The molecule has 3 amide bonds. The average Bonchev–Trinajstić information content (AvgIpc) is 3.14. The van der Waals surface area contributed by atoms with Gasteiger partial charge < -0.3 is 19.7 Å². The topological polar surface area (TPSA) is 101 Å². The van der Waals surface area contributed by atoms with Crippen LogP contribution in [-0.4, -0.2) is 61.0 Å². The summed E-state index contributed by atoms with van der Waals surface area (Å²) in [6, 6.07) is 15.4. The SMILES string of the molecule is COc1ccc(CN2C(=O)c3ccccc3C2=O)cc1C(=O)Nc1ccc(N2CCOCC2)cn1. The fourth-order valence-electron chi connectivity index (χ4n) is 4.25. The van der Waals surface area contributed by atoms with Crippen molar-refractivity contribution in [2.24, 2.45) is 0 Å². The summed E-state index contributed by atoms with van der Waals surface area (Å²) in [5.74, 6) is -0.329. The molecule has 9 nitrogen and oxygen atoms in total. The summed E-state index contributed by atoms with van der Waals surface area (Å²) >= 11 is 0. The maximum Gasteiger partial charge on any atom is 0.261 e. The average molecular weight is 473 g/mol. The number of fused-ring (bicyclic) bond motifs is 1. The molecule has 3 aromatic rings. The van der Waals surface area contributed by atoms with E-state index in [9.17, 15) is 14.4 Å². The minimum atomic E-state index is -0.405. The number of pyridine rings is 1. The molecule has 2 aliphatic rings. The predicted octanol–water partition coefficient (Wildman–Crippen LogP) is 2.98. The second kappa shape index (κ2) is 9.55. The summed E-state index contributed by atoms with van der Waals surface area (Å²) in [6.07, 6.45) is 1.72. The van der Waals surface area contributed by atoms with Crippen LogP contribution in [-0.2, 0) is 11.3 Å². The van der Waals surface area contributed by atoms with Crippen molar-refractivity contribution < 1.29 is 23.9 Å². The van der Waals surface area contributed by atoms with Gasteiger partial charge >= 0.3 is 0 Å². The molecule has 2 aromatic carbocycles. The second-order valence-electron chi connectivity index (χ2n) is 8.23. The number of hydrogen-bond donors (Lipinski definition) is 1. The van der Waals surface area contributed by atoms with Crippen LogP contribution in [0.5, 0.6) is 5.75 Å².